The summed E-state index contributed by atoms with van der Waals surface area (Å²) in [5.74, 6) is 0. The molecule has 0 atom stereocenters. The summed E-state index contributed by atoms with van der Waals surface area (Å²) in [6.07, 6.45) is 5.05. The number of benzene rings is 1. The number of hydrazone groups is 1. The number of carbonyl (C=O) groups is 1. The number of rotatable bonds is 2. The average molecular weight is 266 g/mol. The minimum Gasteiger partial charge on any atom is -0.296 e. The van der Waals surface area contributed by atoms with Gasteiger partial charge in [0, 0.05) is 25.0 Å². The minimum atomic E-state index is -0.135. The summed E-state index contributed by atoms with van der Waals surface area (Å²) in [6.45, 7) is 0.482. The second-order valence-electron chi connectivity index (χ2n) is 4.56. The molecular formula is C15H14N4O. The fourth-order valence-corrected chi connectivity index (χ4v) is 2.16. The van der Waals surface area contributed by atoms with Crippen LogP contribution in [0.3, 0.4) is 0 Å². The number of hydrogen-bond donors (Lipinski definition) is 0. The van der Waals surface area contributed by atoms with Gasteiger partial charge in [0.1, 0.15) is 0 Å². The Kier molecular flexibility index (Phi) is 3.16. The van der Waals surface area contributed by atoms with Gasteiger partial charge in [-0.3, -0.25) is 9.88 Å². The lowest BCUT2D eigenvalue weighted by Crippen LogP contribution is -2.42. The van der Waals surface area contributed by atoms with Gasteiger partial charge >= 0.3 is 6.03 Å². The van der Waals surface area contributed by atoms with Gasteiger partial charge in [-0.1, -0.05) is 24.3 Å². The highest BCUT2D eigenvalue weighted by atomic mass is 16.2. The van der Waals surface area contributed by atoms with Crippen LogP contribution in [-0.4, -0.2) is 29.3 Å². The first-order chi connectivity index (χ1) is 9.75. The topological polar surface area (TPSA) is 48.8 Å². The van der Waals surface area contributed by atoms with Gasteiger partial charge in [-0.15, -0.1) is 0 Å². The highest BCUT2D eigenvalue weighted by molar-refractivity contribution is 5.94. The van der Waals surface area contributed by atoms with Crippen molar-refractivity contribution in [2.75, 3.05) is 11.9 Å². The van der Waals surface area contributed by atoms with Crippen molar-refractivity contribution in [3.63, 3.8) is 0 Å². The number of hydrogen-bond acceptors (Lipinski definition) is 3. The van der Waals surface area contributed by atoms with Gasteiger partial charge in [0.15, 0.2) is 0 Å². The van der Waals surface area contributed by atoms with Crippen LogP contribution >= 0.6 is 0 Å². The number of urea groups is 1. The molecule has 0 radical (unpaired) electrons. The van der Waals surface area contributed by atoms with Crippen LogP contribution in [0.15, 0.2) is 53.9 Å². The molecule has 5 nitrogen and oxygen atoms in total. The largest absolute Gasteiger partial charge is 0.344 e. The quantitative estimate of drug-likeness (QED) is 0.784. The average Bonchev–Trinajstić information content (AvgIpc) is 2.50. The first kappa shape index (κ1) is 12.3. The van der Waals surface area contributed by atoms with Crippen LogP contribution in [0.1, 0.15) is 11.1 Å². The molecule has 1 aromatic carbocycles. The van der Waals surface area contributed by atoms with Gasteiger partial charge in [0.25, 0.3) is 0 Å². The van der Waals surface area contributed by atoms with Crippen molar-refractivity contribution in [3.8, 4) is 0 Å². The number of nitrogens with zero attached hydrogens (tertiary/aromatic N) is 4. The standard InChI is InChI=1S/C15H14N4O/c1-18-14-7-3-2-6-13(14)11-19(15(18)20)17-10-12-5-4-8-16-9-12/h2-10H,11H2,1H3/b17-10+. The first-order valence-electron chi connectivity index (χ1n) is 6.33. The van der Waals surface area contributed by atoms with Crippen LogP contribution in [0, 0.1) is 0 Å². The molecule has 0 saturated heterocycles. The van der Waals surface area contributed by atoms with E-state index in [0.717, 1.165) is 16.8 Å². The van der Waals surface area contributed by atoms with Crippen LogP contribution in [0.2, 0.25) is 0 Å². The Morgan fingerprint density at radius 3 is 2.90 bits per heavy atom. The van der Waals surface area contributed by atoms with E-state index in [1.54, 1.807) is 30.6 Å². The molecule has 0 fully saturated rings. The zero-order valence-electron chi connectivity index (χ0n) is 11.1. The van der Waals surface area contributed by atoms with Crippen LogP contribution in [0.5, 0.6) is 0 Å². The normalized spacial score (nSPS) is 14.8. The first-order valence-corrected chi connectivity index (χ1v) is 6.33. The summed E-state index contributed by atoms with van der Waals surface area (Å²) in [4.78, 5) is 17.9. The molecule has 1 aromatic heterocycles. The second kappa shape index (κ2) is 5.13. The molecule has 3 rings (SSSR count). The molecule has 2 amide bonds. The van der Waals surface area contributed by atoms with E-state index in [9.17, 15) is 4.79 Å². The molecule has 1 aliphatic rings. The van der Waals surface area contributed by atoms with E-state index in [-0.39, 0.29) is 6.03 Å². The molecule has 0 saturated carbocycles. The Balaban J connectivity index is 1.86. The number of carbonyl (C=O) groups excluding carboxylic acids is 1. The lowest BCUT2D eigenvalue weighted by Gasteiger charge is -2.31. The van der Waals surface area contributed by atoms with Crippen LogP contribution in [-0.2, 0) is 6.54 Å². The van der Waals surface area contributed by atoms with Gasteiger partial charge in [-0.05, 0) is 17.7 Å². The summed E-state index contributed by atoms with van der Waals surface area (Å²) in [6, 6.07) is 11.4. The molecule has 0 N–H and O–H groups in total. The van der Waals surface area contributed by atoms with Crippen molar-refractivity contribution in [2.24, 2.45) is 5.10 Å². The van der Waals surface area contributed by atoms with Crippen molar-refractivity contribution in [3.05, 3.63) is 59.9 Å². The molecular weight excluding hydrogens is 252 g/mol. The van der Waals surface area contributed by atoms with Gasteiger partial charge in [0.2, 0.25) is 0 Å². The summed E-state index contributed by atoms with van der Waals surface area (Å²) in [5.41, 5.74) is 2.88. The lowest BCUT2D eigenvalue weighted by molar-refractivity contribution is 0.203. The zero-order valence-corrected chi connectivity index (χ0v) is 11.1. The number of amides is 2. The third kappa shape index (κ3) is 2.25. The second-order valence-corrected chi connectivity index (χ2v) is 4.56. The molecule has 0 aliphatic carbocycles. The maximum Gasteiger partial charge on any atom is 0.344 e. The monoisotopic (exact) mass is 266 g/mol. The maximum atomic E-state index is 12.2. The predicted octanol–water partition coefficient (Wildman–Crippen LogP) is 2.49. The zero-order chi connectivity index (χ0) is 13.9. The summed E-state index contributed by atoms with van der Waals surface area (Å²) >= 11 is 0. The molecule has 1 aliphatic heterocycles. The van der Waals surface area contributed by atoms with Crippen molar-refractivity contribution in [1.29, 1.82) is 0 Å². The molecule has 0 unspecified atom stereocenters. The highest BCUT2D eigenvalue weighted by Gasteiger charge is 2.26. The fraction of sp³-hybridized carbons (Fsp3) is 0.133. The summed E-state index contributed by atoms with van der Waals surface area (Å²) < 4.78 is 0. The van der Waals surface area contributed by atoms with E-state index in [4.69, 9.17) is 0 Å². The Hall–Kier alpha value is -2.69. The van der Waals surface area contributed by atoms with Crippen molar-refractivity contribution in [2.45, 2.75) is 6.54 Å². The SMILES string of the molecule is CN1C(=O)N(/N=C/c2cccnc2)Cc2ccccc21. The minimum absolute atomic E-state index is 0.135. The summed E-state index contributed by atoms with van der Waals surface area (Å²) in [5, 5.41) is 5.71. The number of fused-ring (bicyclic) bond motifs is 1. The molecule has 20 heavy (non-hydrogen) atoms. The van der Waals surface area contributed by atoms with Crippen LogP contribution in [0.25, 0.3) is 0 Å². The molecule has 0 spiro atoms. The molecule has 0 bridgehead atoms. The van der Waals surface area contributed by atoms with Gasteiger partial charge in [-0.2, -0.15) is 5.10 Å². The van der Waals surface area contributed by atoms with E-state index in [1.807, 2.05) is 36.4 Å². The van der Waals surface area contributed by atoms with E-state index in [1.165, 1.54) is 5.01 Å². The Morgan fingerprint density at radius 1 is 1.25 bits per heavy atom. The number of anilines is 1. The fourth-order valence-electron chi connectivity index (χ4n) is 2.16. The highest BCUT2D eigenvalue weighted by Crippen LogP contribution is 2.27. The Labute approximate surface area is 117 Å². The molecule has 100 valence electrons. The third-order valence-electron chi connectivity index (χ3n) is 3.21. The van der Waals surface area contributed by atoms with E-state index < -0.39 is 0 Å². The predicted molar refractivity (Wildman–Crippen MR) is 77.6 cm³/mol. The number of para-hydroxylation sites is 1. The van der Waals surface area contributed by atoms with Crippen LogP contribution in [0.4, 0.5) is 10.5 Å². The van der Waals surface area contributed by atoms with E-state index in [0.29, 0.717) is 6.54 Å². The molecule has 2 heterocycles. The van der Waals surface area contributed by atoms with Crippen molar-refractivity contribution >= 4 is 17.9 Å². The van der Waals surface area contributed by atoms with E-state index >= 15 is 0 Å². The molecule has 5 heteroatoms. The number of pyridine rings is 1. The van der Waals surface area contributed by atoms with Crippen molar-refractivity contribution < 1.29 is 4.79 Å². The third-order valence-corrected chi connectivity index (χ3v) is 3.21. The maximum absolute atomic E-state index is 12.2. The van der Waals surface area contributed by atoms with Crippen molar-refractivity contribution in [1.82, 2.24) is 9.99 Å². The molecule has 2 aromatic rings. The van der Waals surface area contributed by atoms with Gasteiger partial charge in [-0.25, -0.2) is 9.80 Å². The van der Waals surface area contributed by atoms with Crippen LogP contribution < -0.4 is 4.90 Å². The Bertz CT molecular complexity index is 654. The lowest BCUT2D eigenvalue weighted by atomic mass is 10.1. The smallest absolute Gasteiger partial charge is 0.296 e. The number of aromatic nitrogens is 1. The Morgan fingerprint density at radius 2 is 2.10 bits per heavy atom. The van der Waals surface area contributed by atoms with Gasteiger partial charge in [0.05, 0.1) is 18.4 Å². The van der Waals surface area contributed by atoms with E-state index in [2.05, 4.69) is 10.1 Å². The van der Waals surface area contributed by atoms with Gasteiger partial charge < -0.3 is 0 Å². The summed E-state index contributed by atoms with van der Waals surface area (Å²) in [7, 11) is 1.76.